The average Bonchev–Trinajstić information content (AvgIpc) is 2.76. The number of aromatic nitrogens is 2. The Hall–Kier alpha value is -3.13. The zero-order valence-electron chi connectivity index (χ0n) is 17.8. The molecule has 3 aromatic rings. The Morgan fingerprint density at radius 3 is 2.78 bits per heavy atom. The molecular weight excluding hydrogens is 435 g/mol. The number of benzene rings is 2. The van der Waals surface area contributed by atoms with Gasteiger partial charge in [-0.15, -0.1) is 0 Å². The second kappa shape index (κ2) is 9.56. The van der Waals surface area contributed by atoms with Crippen molar-refractivity contribution < 1.29 is 18.7 Å². The number of fused-ring (bicyclic) bond motifs is 1. The number of methoxy groups -OCH3 is 1. The predicted octanol–water partition coefficient (Wildman–Crippen LogP) is 5.00. The quantitative estimate of drug-likeness (QED) is 0.540. The second-order valence-corrected chi connectivity index (χ2v) is 8.21. The fraction of sp³-hybridized carbons (Fsp3) is 0.348. The van der Waals surface area contributed by atoms with Gasteiger partial charge in [-0.05, 0) is 43.5 Å². The van der Waals surface area contributed by atoms with E-state index in [0.29, 0.717) is 28.5 Å². The molecule has 168 valence electrons. The summed E-state index contributed by atoms with van der Waals surface area (Å²) >= 11 is 5.90. The van der Waals surface area contributed by atoms with Gasteiger partial charge in [0.15, 0.2) is 11.5 Å². The fourth-order valence-electron chi connectivity index (χ4n) is 3.98. The van der Waals surface area contributed by atoms with Gasteiger partial charge in [-0.3, -0.25) is 4.79 Å². The van der Waals surface area contributed by atoms with Crippen LogP contribution >= 0.6 is 11.6 Å². The van der Waals surface area contributed by atoms with Crippen LogP contribution in [0.25, 0.3) is 10.9 Å². The molecule has 4 rings (SSSR count). The van der Waals surface area contributed by atoms with Crippen molar-refractivity contribution in [2.75, 3.05) is 12.4 Å². The number of hydrogen-bond acceptors (Lipinski definition) is 6. The molecule has 2 aromatic carbocycles. The Balaban J connectivity index is 1.63. The van der Waals surface area contributed by atoms with Crippen molar-refractivity contribution in [1.29, 1.82) is 0 Å². The lowest BCUT2D eigenvalue weighted by molar-refractivity contribution is -0.120. The van der Waals surface area contributed by atoms with Crippen LogP contribution in [0.15, 0.2) is 36.7 Å². The molecule has 1 fully saturated rings. The van der Waals surface area contributed by atoms with Crippen LogP contribution in [0.4, 0.5) is 15.9 Å². The first-order valence-corrected chi connectivity index (χ1v) is 10.8. The Morgan fingerprint density at radius 2 is 2.03 bits per heavy atom. The smallest absolute Gasteiger partial charge is 0.217 e. The van der Waals surface area contributed by atoms with Gasteiger partial charge in [0.1, 0.15) is 24.1 Å². The van der Waals surface area contributed by atoms with E-state index in [-0.39, 0.29) is 23.1 Å². The van der Waals surface area contributed by atoms with Crippen molar-refractivity contribution in [1.82, 2.24) is 15.3 Å². The van der Waals surface area contributed by atoms with Crippen molar-refractivity contribution in [3.8, 4) is 11.5 Å². The maximum absolute atomic E-state index is 13.5. The standard InChI is InChI=1S/C23H24ClFN4O3/c1-13(30)28-14-4-3-5-16(8-14)32-22-10-17-20(11-21(22)31-2)26-12-27-23(17)29-15-6-7-19(25)18(24)9-15/h6-7,9-12,14,16H,3-5,8H2,1-2H3,(H,28,30)(H,26,27,29)/t14-,16+/m1/s1. The van der Waals surface area contributed by atoms with Crippen LogP contribution in [-0.4, -0.2) is 35.1 Å². The molecule has 0 radical (unpaired) electrons. The maximum atomic E-state index is 13.5. The van der Waals surface area contributed by atoms with E-state index in [9.17, 15) is 9.18 Å². The largest absolute Gasteiger partial charge is 0.493 e. The molecule has 0 aliphatic heterocycles. The van der Waals surface area contributed by atoms with E-state index < -0.39 is 5.82 Å². The summed E-state index contributed by atoms with van der Waals surface area (Å²) < 4.78 is 25.4. The fourth-order valence-corrected chi connectivity index (χ4v) is 4.16. The Bertz CT molecular complexity index is 1140. The van der Waals surface area contributed by atoms with Gasteiger partial charge in [-0.25, -0.2) is 14.4 Å². The summed E-state index contributed by atoms with van der Waals surface area (Å²) in [6.45, 7) is 1.53. The van der Waals surface area contributed by atoms with E-state index in [2.05, 4.69) is 20.6 Å². The van der Waals surface area contributed by atoms with Crippen molar-refractivity contribution >= 4 is 39.9 Å². The van der Waals surface area contributed by atoms with Gasteiger partial charge in [0.05, 0.1) is 17.6 Å². The van der Waals surface area contributed by atoms with Gasteiger partial charge < -0.3 is 20.1 Å². The molecule has 32 heavy (non-hydrogen) atoms. The van der Waals surface area contributed by atoms with Crippen LogP contribution in [0.2, 0.25) is 5.02 Å². The minimum atomic E-state index is -0.491. The van der Waals surface area contributed by atoms with Crippen molar-refractivity contribution in [2.24, 2.45) is 0 Å². The third kappa shape index (κ3) is 5.02. The number of anilines is 2. The molecule has 9 heteroatoms. The van der Waals surface area contributed by atoms with Crippen LogP contribution in [0, 0.1) is 5.82 Å². The Labute approximate surface area is 190 Å². The second-order valence-electron chi connectivity index (χ2n) is 7.80. The predicted molar refractivity (Wildman–Crippen MR) is 121 cm³/mol. The van der Waals surface area contributed by atoms with Gasteiger partial charge in [0, 0.05) is 36.5 Å². The lowest BCUT2D eigenvalue weighted by Crippen LogP contribution is -2.40. The van der Waals surface area contributed by atoms with E-state index in [4.69, 9.17) is 21.1 Å². The monoisotopic (exact) mass is 458 g/mol. The molecule has 1 saturated carbocycles. The van der Waals surface area contributed by atoms with Gasteiger partial charge in [-0.1, -0.05) is 11.6 Å². The van der Waals surface area contributed by atoms with E-state index in [1.165, 1.54) is 25.4 Å². The highest BCUT2D eigenvalue weighted by Crippen LogP contribution is 2.37. The third-order valence-corrected chi connectivity index (χ3v) is 5.72. The van der Waals surface area contributed by atoms with Gasteiger partial charge >= 0.3 is 0 Å². The molecule has 0 spiro atoms. The summed E-state index contributed by atoms with van der Waals surface area (Å²) in [4.78, 5) is 20.1. The topological polar surface area (TPSA) is 85.4 Å². The third-order valence-electron chi connectivity index (χ3n) is 5.43. The molecule has 1 amide bonds. The molecule has 0 unspecified atom stereocenters. The van der Waals surface area contributed by atoms with E-state index in [0.717, 1.165) is 31.1 Å². The van der Waals surface area contributed by atoms with Crippen LogP contribution in [0.5, 0.6) is 11.5 Å². The van der Waals surface area contributed by atoms with Crippen LogP contribution in [0.1, 0.15) is 32.6 Å². The Kier molecular flexibility index (Phi) is 6.60. The van der Waals surface area contributed by atoms with Gasteiger partial charge in [0.2, 0.25) is 5.91 Å². The number of rotatable bonds is 6. The number of hydrogen-bond donors (Lipinski definition) is 2. The van der Waals surface area contributed by atoms with Gasteiger partial charge in [0.25, 0.3) is 0 Å². The van der Waals surface area contributed by atoms with E-state index >= 15 is 0 Å². The molecule has 2 N–H and O–H groups in total. The Morgan fingerprint density at radius 1 is 1.19 bits per heavy atom. The maximum Gasteiger partial charge on any atom is 0.217 e. The number of nitrogens with zero attached hydrogens (tertiary/aromatic N) is 2. The molecular formula is C23H24ClFN4O3. The number of carbonyl (C=O) groups excluding carboxylic acids is 1. The molecule has 2 atom stereocenters. The summed E-state index contributed by atoms with van der Waals surface area (Å²) in [5.41, 5.74) is 1.26. The SMILES string of the molecule is COc1cc2ncnc(Nc3ccc(F)c(Cl)c3)c2cc1O[C@H]1CCC[C@@H](NC(C)=O)C1. The zero-order valence-corrected chi connectivity index (χ0v) is 18.6. The van der Waals surface area contributed by atoms with Gasteiger partial charge in [-0.2, -0.15) is 0 Å². The van der Waals surface area contributed by atoms with E-state index in [1.54, 1.807) is 19.2 Å². The lowest BCUT2D eigenvalue weighted by atomic mass is 9.92. The number of halogens is 2. The first-order chi connectivity index (χ1) is 15.4. The first-order valence-electron chi connectivity index (χ1n) is 10.4. The highest BCUT2D eigenvalue weighted by atomic mass is 35.5. The molecule has 0 bridgehead atoms. The van der Waals surface area contributed by atoms with Crippen LogP contribution < -0.4 is 20.1 Å². The summed E-state index contributed by atoms with van der Waals surface area (Å²) in [5.74, 6) is 1.14. The molecule has 1 aromatic heterocycles. The first kappa shape index (κ1) is 22.1. The summed E-state index contributed by atoms with van der Waals surface area (Å²) in [5, 5.41) is 6.89. The highest BCUT2D eigenvalue weighted by molar-refractivity contribution is 6.31. The molecule has 0 saturated heterocycles. The molecule has 1 aliphatic carbocycles. The van der Waals surface area contributed by atoms with Crippen molar-refractivity contribution in [2.45, 2.75) is 44.8 Å². The number of ether oxygens (including phenoxy) is 2. The average molecular weight is 459 g/mol. The number of amides is 1. The van der Waals surface area contributed by atoms with Crippen molar-refractivity contribution in [3.05, 3.63) is 47.5 Å². The summed E-state index contributed by atoms with van der Waals surface area (Å²) in [6.07, 6.45) is 4.91. The van der Waals surface area contributed by atoms with Crippen LogP contribution in [-0.2, 0) is 4.79 Å². The summed E-state index contributed by atoms with van der Waals surface area (Å²) in [7, 11) is 1.58. The minimum absolute atomic E-state index is 0.0186. The molecule has 1 heterocycles. The van der Waals surface area contributed by atoms with E-state index in [1.807, 2.05) is 6.07 Å². The molecule has 1 aliphatic rings. The normalized spacial score (nSPS) is 18.2. The zero-order chi connectivity index (χ0) is 22.7. The minimum Gasteiger partial charge on any atom is -0.493 e. The summed E-state index contributed by atoms with van der Waals surface area (Å²) in [6, 6.07) is 8.10. The lowest BCUT2D eigenvalue weighted by Gasteiger charge is -2.30. The number of nitrogens with one attached hydrogen (secondary N) is 2. The molecule has 7 nitrogen and oxygen atoms in total. The van der Waals surface area contributed by atoms with Crippen LogP contribution in [0.3, 0.4) is 0 Å². The highest BCUT2D eigenvalue weighted by Gasteiger charge is 2.25. The van der Waals surface area contributed by atoms with Crippen molar-refractivity contribution in [3.63, 3.8) is 0 Å². The number of carbonyl (C=O) groups is 1.